The van der Waals surface area contributed by atoms with E-state index in [9.17, 15) is 5.11 Å². The number of ether oxygens (including phenoxy) is 1. The highest BCUT2D eigenvalue weighted by molar-refractivity contribution is 4.92. The summed E-state index contributed by atoms with van der Waals surface area (Å²) in [6.45, 7) is 8.63. The van der Waals surface area contributed by atoms with Crippen molar-refractivity contribution in [1.82, 2.24) is 4.90 Å². The van der Waals surface area contributed by atoms with Crippen LogP contribution in [0.3, 0.4) is 0 Å². The fourth-order valence-electron chi connectivity index (χ4n) is 1.36. The minimum absolute atomic E-state index is 0.302. The highest BCUT2D eigenvalue weighted by atomic mass is 16.5. The SMILES string of the molecule is CC(C)C(O)/C=C/CN1CCOCC1. The van der Waals surface area contributed by atoms with Crippen LogP contribution in [0, 0.1) is 5.92 Å². The van der Waals surface area contributed by atoms with Gasteiger partial charge in [0.15, 0.2) is 0 Å². The third-order valence-electron chi connectivity index (χ3n) is 2.48. The monoisotopic (exact) mass is 199 g/mol. The summed E-state index contributed by atoms with van der Waals surface area (Å²) >= 11 is 0. The van der Waals surface area contributed by atoms with Crippen molar-refractivity contribution in [1.29, 1.82) is 0 Å². The van der Waals surface area contributed by atoms with Crippen molar-refractivity contribution in [3.8, 4) is 0 Å². The second kappa shape index (κ2) is 6.17. The number of nitrogens with zero attached hydrogens (tertiary/aromatic N) is 1. The predicted molar refractivity (Wildman–Crippen MR) is 57.2 cm³/mol. The Kier molecular flexibility index (Phi) is 5.15. The minimum atomic E-state index is -0.309. The maximum atomic E-state index is 9.53. The first-order valence-corrected chi connectivity index (χ1v) is 5.35. The first kappa shape index (κ1) is 11.7. The van der Waals surface area contributed by atoms with Crippen molar-refractivity contribution < 1.29 is 9.84 Å². The fraction of sp³-hybridized carbons (Fsp3) is 0.818. The summed E-state index contributed by atoms with van der Waals surface area (Å²) < 4.78 is 5.25. The Morgan fingerprint density at radius 1 is 1.36 bits per heavy atom. The van der Waals surface area contributed by atoms with E-state index in [0.29, 0.717) is 5.92 Å². The van der Waals surface area contributed by atoms with Gasteiger partial charge in [-0.25, -0.2) is 0 Å². The van der Waals surface area contributed by atoms with Crippen LogP contribution in [-0.4, -0.2) is 49.0 Å². The van der Waals surface area contributed by atoms with E-state index < -0.39 is 0 Å². The Bertz CT molecular complexity index is 174. The molecule has 1 aliphatic heterocycles. The molecule has 1 unspecified atom stereocenters. The Balaban J connectivity index is 2.18. The second-order valence-corrected chi connectivity index (χ2v) is 4.08. The quantitative estimate of drug-likeness (QED) is 0.683. The summed E-state index contributed by atoms with van der Waals surface area (Å²) in [4.78, 5) is 2.33. The first-order valence-electron chi connectivity index (χ1n) is 5.35. The Hall–Kier alpha value is -0.380. The van der Waals surface area contributed by atoms with Gasteiger partial charge in [0.2, 0.25) is 0 Å². The zero-order valence-corrected chi connectivity index (χ0v) is 9.15. The van der Waals surface area contributed by atoms with Gasteiger partial charge in [0.25, 0.3) is 0 Å². The highest BCUT2D eigenvalue weighted by Crippen LogP contribution is 2.03. The van der Waals surface area contributed by atoms with Gasteiger partial charge in [-0.3, -0.25) is 4.90 Å². The van der Waals surface area contributed by atoms with E-state index in [1.807, 2.05) is 19.9 Å². The van der Waals surface area contributed by atoms with E-state index in [-0.39, 0.29) is 6.10 Å². The van der Waals surface area contributed by atoms with Crippen molar-refractivity contribution in [2.45, 2.75) is 20.0 Å². The van der Waals surface area contributed by atoms with Crippen LogP contribution in [0.5, 0.6) is 0 Å². The standard InChI is InChI=1S/C11H21NO2/c1-10(2)11(13)4-3-5-12-6-8-14-9-7-12/h3-4,10-11,13H,5-9H2,1-2H3/b4-3+. The summed E-state index contributed by atoms with van der Waals surface area (Å²) in [6.07, 6.45) is 3.63. The van der Waals surface area contributed by atoms with Crippen molar-refractivity contribution in [3.63, 3.8) is 0 Å². The van der Waals surface area contributed by atoms with Crippen LogP contribution in [0.4, 0.5) is 0 Å². The number of aliphatic hydroxyl groups is 1. The molecule has 0 aromatic heterocycles. The summed E-state index contributed by atoms with van der Waals surface area (Å²) in [5.74, 6) is 0.302. The van der Waals surface area contributed by atoms with Crippen molar-refractivity contribution >= 4 is 0 Å². The van der Waals surface area contributed by atoms with E-state index in [1.54, 1.807) is 0 Å². The number of hydrogen-bond acceptors (Lipinski definition) is 3. The number of hydrogen-bond donors (Lipinski definition) is 1. The maximum Gasteiger partial charge on any atom is 0.0744 e. The second-order valence-electron chi connectivity index (χ2n) is 4.08. The van der Waals surface area contributed by atoms with Gasteiger partial charge in [0, 0.05) is 19.6 Å². The largest absolute Gasteiger partial charge is 0.389 e. The van der Waals surface area contributed by atoms with E-state index in [1.165, 1.54) is 0 Å². The molecule has 0 saturated carbocycles. The topological polar surface area (TPSA) is 32.7 Å². The minimum Gasteiger partial charge on any atom is -0.389 e. The molecule has 1 saturated heterocycles. The number of rotatable bonds is 4. The molecule has 82 valence electrons. The molecule has 1 atom stereocenters. The molecule has 1 N–H and O–H groups in total. The molecule has 1 rings (SSSR count). The summed E-state index contributed by atoms with van der Waals surface area (Å²) in [5, 5.41) is 9.53. The third kappa shape index (κ3) is 4.22. The van der Waals surface area contributed by atoms with Crippen molar-refractivity contribution in [2.24, 2.45) is 5.92 Å². The van der Waals surface area contributed by atoms with E-state index in [2.05, 4.69) is 11.0 Å². The lowest BCUT2D eigenvalue weighted by Gasteiger charge is -2.25. The third-order valence-corrected chi connectivity index (χ3v) is 2.48. The zero-order valence-electron chi connectivity index (χ0n) is 9.15. The van der Waals surface area contributed by atoms with Gasteiger partial charge in [0.05, 0.1) is 19.3 Å². The van der Waals surface area contributed by atoms with Crippen LogP contribution in [-0.2, 0) is 4.74 Å². The van der Waals surface area contributed by atoms with Gasteiger partial charge >= 0.3 is 0 Å². The molecule has 0 amide bonds. The van der Waals surface area contributed by atoms with E-state index in [0.717, 1.165) is 32.8 Å². The molecule has 1 heterocycles. The zero-order chi connectivity index (χ0) is 10.4. The molecule has 1 aliphatic rings. The summed E-state index contributed by atoms with van der Waals surface area (Å²) in [6, 6.07) is 0. The van der Waals surface area contributed by atoms with Crippen LogP contribution in [0.15, 0.2) is 12.2 Å². The number of aliphatic hydroxyl groups excluding tert-OH is 1. The van der Waals surface area contributed by atoms with Gasteiger partial charge in [-0.15, -0.1) is 0 Å². The number of morpholine rings is 1. The average Bonchev–Trinajstić information content (AvgIpc) is 2.19. The summed E-state index contributed by atoms with van der Waals surface area (Å²) in [7, 11) is 0. The molecule has 0 aliphatic carbocycles. The lowest BCUT2D eigenvalue weighted by Crippen LogP contribution is -2.36. The summed E-state index contributed by atoms with van der Waals surface area (Å²) in [5.41, 5.74) is 0. The van der Waals surface area contributed by atoms with Gasteiger partial charge < -0.3 is 9.84 Å². The molecule has 0 bridgehead atoms. The fourth-order valence-corrected chi connectivity index (χ4v) is 1.36. The van der Waals surface area contributed by atoms with Gasteiger partial charge in [0.1, 0.15) is 0 Å². The first-order chi connectivity index (χ1) is 6.70. The lowest BCUT2D eigenvalue weighted by molar-refractivity contribution is 0.0432. The molecule has 14 heavy (non-hydrogen) atoms. The lowest BCUT2D eigenvalue weighted by atomic mass is 10.1. The molecule has 0 spiro atoms. The van der Waals surface area contributed by atoms with Crippen LogP contribution in [0.25, 0.3) is 0 Å². The maximum absolute atomic E-state index is 9.53. The van der Waals surface area contributed by atoms with Gasteiger partial charge in [-0.1, -0.05) is 26.0 Å². The van der Waals surface area contributed by atoms with Crippen LogP contribution < -0.4 is 0 Å². The Labute approximate surface area is 86.4 Å². The molecule has 1 fully saturated rings. The van der Waals surface area contributed by atoms with Crippen LogP contribution in [0.1, 0.15) is 13.8 Å². The Morgan fingerprint density at radius 3 is 2.57 bits per heavy atom. The normalized spacial score (nSPS) is 22.0. The van der Waals surface area contributed by atoms with E-state index >= 15 is 0 Å². The van der Waals surface area contributed by atoms with E-state index in [4.69, 9.17) is 4.74 Å². The van der Waals surface area contributed by atoms with Crippen molar-refractivity contribution in [2.75, 3.05) is 32.8 Å². The van der Waals surface area contributed by atoms with Gasteiger partial charge in [-0.2, -0.15) is 0 Å². The molecule has 0 aromatic rings. The molecule has 3 heteroatoms. The van der Waals surface area contributed by atoms with Crippen LogP contribution >= 0.6 is 0 Å². The Morgan fingerprint density at radius 2 is 2.00 bits per heavy atom. The van der Waals surface area contributed by atoms with Gasteiger partial charge in [-0.05, 0) is 5.92 Å². The highest BCUT2D eigenvalue weighted by Gasteiger charge is 2.08. The molecule has 3 nitrogen and oxygen atoms in total. The van der Waals surface area contributed by atoms with Crippen LogP contribution in [0.2, 0.25) is 0 Å². The molecule has 0 radical (unpaired) electrons. The van der Waals surface area contributed by atoms with Crippen molar-refractivity contribution in [3.05, 3.63) is 12.2 Å². The smallest absolute Gasteiger partial charge is 0.0744 e. The molecular formula is C11H21NO2. The average molecular weight is 199 g/mol. The predicted octanol–water partition coefficient (Wildman–Crippen LogP) is 0.892. The molecule has 0 aromatic carbocycles. The molecular weight excluding hydrogens is 178 g/mol.